The first-order valence-electron chi connectivity index (χ1n) is 19.0. The van der Waals surface area contributed by atoms with E-state index in [9.17, 15) is 0 Å². The van der Waals surface area contributed by atoms with Gasteiger partial charge in [-0.15, -0.1) is 0 Å². The minimum atomic E-state index is -0.537. The minimum absolute atomic E-state index is 0.488. The number of hydrogen-bond acceptors (Lipinski definition) is 0. The molecule has 3 aliphatic rings. The van der Waals surface area contributed by atoms with E-state index >= 15 is 0 Å². The molecule has 7 atom stereocenters. The lowest BCUT2D eigenvalue weighted by Gasteiger charge is -2.44. The van der Waals surface area contributed by atoms with Crippen LogP contribution in [0.5, 0.6) is 0 Å². The Kier molecular flexibility index (Phi) is 10.5. The summed E-state index contributed by atoms with van der Waals surface area (Å²) in [5, 5.41) is 6.38. The molecule has 7 unspecified atom stereocenters. The maximum Gasteiger partial charge on any atom is 0.00273 e. The summed E-state index contributed by atoms with van der Waals surface area (Å²) in [6.07, 6.45) is 14.0. The van der Waals surface area contributed by atoms with Crippen molar-refractivity contribution in [2.75, 3.05) is 0 Å². The van der Waals surface area contributed by atoms with Crippen LogP contribution in [0.1, 0.15) is 86.6 Å². The number of rotatable bonds is 11. The van der Waals surface area contributed by atoms with Crippen molar-refractivity contribution in [2.45, 2.75) is 97.8 Å². The molecule has 0 N–H and O–H groups in total. The van der Waals surface area contributed by atoms with Crippen molar-refractivity contribution < 1.29 is 0 Å². The molecule has 2 bridgehead atoms. The van der Waals surface area contributed by atoms with Crippen LogP contribution in [0.2, 0.25) is 0 Å². The fourth-order valence-electron chi connectivity index (χ4n) is 10.0. The van der Waals surface area contributed by atoms with E-state index in [1.54, 1.807) is 32.4 Å². The summed E-state index contributed by atoms with van der Waals surface area (Å²) in [5.74, 6) is 3.17. The van der Waals surface area contributed by atoms with E-state index in [0.29, 0.717) is 40.9 Å². The van der Waals surface area contributed by atoms with Gasteiger partial charge >= 0.3 is 0 Å². The Hall–Kier alpha value is -2.78. The molecule has 4 aromatic rings. The highest BCUT2D eigenvalue weighted by Crippen LogP contribution is 2.62. The van der Waals surface area contributed by atoms with Crippen LogP contribution in [-0.4, -0.2) is 11.3 Å². The molecule has 0 aromatic heterocycles. The van der Waals surface area contributed by atoms with Crippen molar-refractivity contribution in [1.82, 2.24) is 0 Å². The molecular formula is C47H56P2. The van der Waals surface area contributed by atoms with Gasteiger partial charge in [-0.25, -0.2) is 0 Å². The Morgan fingerprint density at radius 1 is 0.714 bits per heavy atom. The number of benzene rings is 4. The van der Waals surface area contributed by atoms with Crippen LogP contribution in [-0.2, 0) is 0 Å². The molecule has 2 heteroatoms. The SMILES string of the molecule is CCC(C(C(C)C)C1C=C2CC1C(P(c1ccccc1)c1ccccc1C1C=CCC1)C2)P(c1cc(C)cc(C)c1)c1cc(C)cc(C)c1. The zero-order chi connectivity index (χ0) is 34.2. The van der Waals surface area contributed by atoms with Gasteiger partial charge in [0.2, 0.25) is 0 Å². The van der Waals surface area contributed by atoms with Crippen LogP contribution >= 0.6 is 15.8 Å². The van der Waals surface area contributed by atoms with E-state index in [1.165, 1.54) is 54.4 Å². The largest absolute Gasteiger partial charge is 0.0879 e. The van der Waals surface area contributed by atoms with Gasteiger partial charge in [-0.05, 0) is 137 Å². The van der Waals surface area contributed by atoms with E-state index in [1.807, 2.05) is 0 Å². The third-order valence-electron chi connectivity index (χ3n) is 11.7. The molecule has 0 spiro atoms. The molecule has 1 saturated carbocycles. The van der Waals surface area contributed by atoms with E-state index in [2.05, 4.69) is 158 Å². The van der Waals surface area contributed by atoms with E-state index in [-0.39, 0.29) is 0 Å². The molecule has 0 nitrogen and oxygen atoms in total. The lowest BCUT2D eigenvalue weighted by atomic mass is 9.73. The first-order valence-corrected chi connectivity index (χ1v) is 21.8. The fourth-order valence-corrected chi connectivity index (χ4v) is 17.1. The van der Waals surface area contributed by atoms with Crippen molar-refractivity contribution in [3.05, 3.63) is 143 Å². The summed E-state index contributed by atoms with van der Waals surface area (Å²) < 4.78 is 0. The average Bonchev–Trinajstić information content (AvgIpc) is 3.83. The maximum absolute atomic E-state index is 2.81. The quantitative estimate of drug-likeness (QED) is 0.109. The highest BCUT2D eigenvalue weighted by atomic mass is 31.1. The Bertz CT molecular complexity index is 1740. The van der Waals surface area contributed by atoms with Gasteiger partial charge in [-0.3, -0.25) is 0 Å². The molecule has 0 heterocycles. The third-order valence-corrected chi connectivity index (χ3v) is 17.7. The molecule has 0 amide bonds. The number of aryl methyl sites for hydroxylation is 4. The lowest BCUT2D eigenvalue weighted by Crippen LogP contribution is -2.40. The van der Waals surface area contributed by atoms with Gasteiger partial charge in [0, 0.05) is 5.92 Å². The zero-order valence-corrected chi connectivity index (χ0v) is 32.7. The summed E-state index contributed by atoms with van der Waals surface area (Å²) >= 11 is 0. The number of fused-ring (bicyclic) bond motifs is 2. The van der Waals surface area contributed by atoms with Gasteiger partial charge < -0.3 is 0 Å². The van der Waals surface area contributed by atoms with Crippen molar-refractivity contribution in [3.8, 4) is 0 Å². The van der Waals surface area contributed by atoms with Crippen molar-refractivity contribution in [1.29, 1.82) is 0 Å². The standard InChI is InChI=1S/C47H56P2/c1-8-44(48(39-24-32(4)22-33(5)25-39)40-26-34(6)23-35(7)27-40)47(31(2)3)43-29-36-28-42(43)46(30-36)49(38-18-10-9-11-19-38)45-21-15-14-20-41(45)37-16-12-13-17-37/h9-12,14-16,18-27,29,31,37,42-44,46-47H,8,13,17,28,30H2,1-7H3. The van der Waals surface area contributed by atoms with E-state index in [4.69, 9.17) is 0 Å². The van der Waals surface area contributed by atoms with Gasteiger partial charge in [0.1, 0.15) is 0 Å². The number of hydrogen-bond donors (Lipinski definition) is 0. The second kappa shape index (κ2) is 14.8. The predicted octanol–water partition coefficient (Wildman–Crippen LogP) is 11.3. The van der Waals surface area contributed by atoms with Gasteiger partial charge in [0.05, 0.1) is 0 Å². The van der Waals surface area contributed by atoms with Gasteiger partial charge in [-0.2, -0.15) is 0 Å². The first kappa shape index (κ1) is 34.7. The van der Waals surface area contributed by atoms with Crippen LogP contribution < -0.4 is 21.2 Å². The summed E-state index contributed by atoms with van der Waals surface area (Å²) in [4.78, 5) is 0. The Morgan fingerprint density at radius 2 is 1.33 bits per heavy atom. The van der Waals surface area contributed by atoms with Crippen molar-refractivity contribution >= 4 is 37.1 Å². The summed E-state index contributed by atoms with van der Waals surface area (Å²) in [5.41, 5.74) is 10.3. The Morgan fingerprint density at radius 3 is 1.88 bits per heavy atom. The monoisotopic (exact) mass is 682 g/mol. The van der Waals surface area contributed by atoms with E-state index in [0.717, 1.165) is 0 Å². The Labute approximate surface area is 300 Å². The smallest absolute Gasteiger partial charge is 0.00273 e. The van der Waals surface area contributed by atoms with Crippen LogP contribution in [0.3, 0.4) is 0 Å². The van der Waals surface area contributed by atoms with Gasteiger partial charge in [0.25, 0.3) is 0 Å². The molecule has 254 valence electrons. The van der Waals surface area contributed by atoms with Crippen LogP contribution in [0.4, 0.5) is 0 Å². The highest BCUT2D eigenvalue weighted by molar-refractivity contribution is 7.74. The molecule has 0 aliphatic heterocycles. The van der Waals surface area contributed by atoms with Crippen molar-refractivity contribution in [3.63, 3.8) is 0 Å². The lowest BCUT2D eigenvalue weighted by molar-refractivity contribution is 0.224. The molecule has 3 aliphatic carbocycles. The maximum atomic E-state index is 2.81. The van der Waals surface area contributed by atoms with Crippen LogP contribution in [0, 0.1) is 51.4 Å². The molecular weight excluding hydrogens is 626 g/mol. The summed E-state index contributed by atoms with van der Waals surface area (Å²) in [6.45, 7) is 16.8. The van der Waals surface area contributed by atoms with E-state index < -0.39 is 15.8 Å². The highest BCUT2D eigenvalue weighted by Gasteiger charge is 2.50. The van der Waals surface area contributed by atoms with Crippen LogP contribution in [0.25, 0.3) is 0 Å². The third kappa shape index (κ3) is 7.08. The van der Waals surface area contributed by atoms with Crippen LogP contribution in [0.15, 0.2) is 115 Å². The van der Waals surface area contributed by atoms with Gasteiger partial charge in [0.15, 0.2) is 0 Å². The molecule has 4 aromatic carbocycles. The average molecular weight is 683 g/mol. The second-order valence-corrected chi connectivity index (χ2v) is 20.6. The second-order valence-electron chi connectivity index (χ2n) is 15.8. The normalized spacial score (nSPS) is 23.3. The number of allylic oxidation sites excluding steroid dienone is 4. The minimum Gasteiger partial charge on any atom is -0.0879 e. The molecule has 1 fully saturated rings. The molecule has 7 rings (SSSR count). The fraction of sp³-hybridized carbons (Fsp3) is 0.404. The first-order chi connectivity index (χ1) is 23.7. The topological polar surface area (TPSA) is 0 Å². The molecule has 49 heavy (non-hydrogen) atoms. The predicted molar refractivity (Wildman–Crippen MR) is 219 cm³/mol. The van der Waals surface area contributed by atoms with Crippen molar-refractivity contribution in [2.24, 2.45) is 23.7 Å². The molecule has 0 radical (unpaired) electrons. The summed E-state index contributed by atoms with van der Waals surface area (Å²) in [6, 6.07) is 36.1. The summed E-state index contributed by atoms with van der Waals surface area (Å²) in [7, 11) is -1.02. The molecule has 0 saturated heterocycles. The van der Waals surface area contributed by atoms with Gasteiger partial charge in [-0.1, -0.05) is 158 Å². The Balaban J connectivity index is 1.32. The zero-order valence-electron chi connectivity index (χ0n) is 30.9.